The highest BCUT2D eigenvalue weighted by molar-refractivity contribution is 5.89. The van der Waals surface area contributed by atoms with Crippen LogP contribution in [0.4, 0.5) is 10.5 Å². The third-order valence-corrected chi connectivity index (χ3v) is 4.01. The van der Waals surface area contributed by atoms with Crippen LogP contribution in [0, 0.1) is 0 Å². The van der Waals surface area contributed by atoms with E-state index >= 15 is 0 Å². The van der Waals surface area contributed by atoms with Crippen molar-refractivity contribution >= 4 is 11.7 Å². The Hall–Kier alpha value is -1.79. The SMILES string of the molecule is CC(C)NCC(O)COc1ccc(NC(=O)NC2CCCC2)cc1. The molecule has 1 atom stereocenters. The molecule has 1 unspecified atom stereocenters. The third kappa shape index (κ3) is 6.76. The largest absolute Gasteiger partial charge is 0.491 e. The van der Waals surface area contributed by atoms with Gasteiger partial charge in [0.25, 0.3) is 0 Å². The van der Waals surface area contributed by atoms with Crippen LogP contribution in [0.3, 0.4) is 0 Å². The van der Waals surface area contributed by atoms with Crippen LogP contribution < -0.4 is 20.7 Å². The number of aliphatic hydroxyl groups excluding tert-OH is 1. The number of benzene rings is 1. The summed E-state index contributed by atoms with van der Waals surface area (Å²) in [7, 11) is 0. The average Bonchev–Trinajstić information content (AvgIpc) is 3.05. The molecule has 1 aromatic rings. The predicted octanol–water partition coefficient (Wildman–Crippen LogP) is 2.49. The van der Waals surface area contributed by atoms with Crippen molar-refractivity contribution in [3.8, 4) is 5.75 Å². The van der Waals surface area contributed by atoms with E-state index in [9.17, 15) is 9.90 Å². The predicted molar refractivity (Wildman–Crippen MR) is 95.5 cm³/mol. The molecule has 0 aliphatic heterocycles. The number of aliphatic hydroxyl groups is 1. The molecule has 6 heteroatoms. The van der Waals surface area contributed by atoms with Crippen molar-refractivity contribution in [3.63, 3.8) is 0 Å². The van der Waals surface area contributed by atoms with E-state index in [1.807, 2.05) is 13.8 Å². The second kappa shape index (κ2) is 9.49. The fourth-order valence-electron chi connectivity index (χ4n) is 2.68. The zero-order valence-corrected chi connectivity index (χ0v) is 14.5. The van der Waals surface area contributed by atoms with Crippen LogP contribution in [0.1, 0.15) is 39.5 Å². The van der Waals surface area contributed by atoms with Crippen molar-refractivity contribution < 1.29 is 14.6 Å². The summed E-state index contributed by atoms with van der Waals surface area (Å²) in [4.78, 5) is 11.9. The number of carbonyl (C=O) groups is 1. The lowest BCUT2D eigenvalue weighted by atomic mass is 10.2. The number of urea groups is 1. The first-order chi connectivity index (χ1) is 11.5. The van der Waals surface area contributed by atoms with Crippen molar-refractivity contribution in [2.24, 2.45) is 0 Å². The molecule has 2 rings (SSSR count). The summed E-state index contributed by atoms with van der Waals surface area (Å²) in [5, 5.41) is 18.8. The Morgan fingerprint density at radius 2 is 1.92 bits per heavy atom. The minimum atomic E-state index is -0.553. The lowest BCUT2D eigenvalue weighted by molar-refractivity contribution is 0.104. The van der Waals surface area contributed by atoms with Crippen LogP contribution in [-0.4, -0.2) is 42.5 Å². The van der Waals surface area contributed by atoms with Gasteiger partial charge in [0.1, 0.15) is 18.5 Å². The van der Waals surface area contributed by atoms with Gasteiger partial charge in [-0.05, 0) is 37.1 Å². The van der Waals surface area contributed by atoms with Gasteiger partial charge in [0.2, 0.25) is 0 Å². The maximum Gasteiger partial charge on any atom is 0.319 e. The highest BCUT2D eigenvalue weighted by Gasteiger charge is 2.16. The highest BCUT2D eigenvalue weighted by Crippen LogP contribution is 2.19. The van der Waals surface area contributed by atoms with Crippen molar-refractivity contribution in [2.45, 2.75) is 57.7 Å². The molecule has 2 amide bonds. The number of hydrogen-bond donors (Lipinski definition) is 4. The van der Waals surface area contributed by atoms with Crippen LogP contribution in [0.5, 0.6) is 5.75 Å². The van der Waals surface area contributed by atoms with Crippen molar-refractivity contribution in [1.29, 1.82) is 0 Å². The van der Waals surface area contributed by atoms with E-state index in [2.05, 4.69) is 16.0 Å². The second-order valence-electron chi connectivity index (χ2n) is 6.63. The molecule has 0 spiro atoms. The Morgan fingerprint density at radius 1 is 1.25 bits per heavy atom. The molecule has 1 aliphatic carbocycles. The number of rotatable bonds is 8. The number of carbonyl (C=O) groups excluding carboxylic acids is 1. The Kier molecular flexibility index (Phi) is 7.34. The maximum atomic E-state index is 11.9. The smallest absolute Gasteiger partial charge is 0.319 e. The number of amides is 2. The Labute approximate surface area is 144 Å². The molecular formula is C18H29N3O3. The minimum Gasteiger partial charge on any atom is -0.491 e. The standard InChI is InChI=1S/C18H29N3O3/c1-13(2)19-11-16(22)12-24-17-9-7-15(8-10-17)21-18(23)20-14-5-3-4-6-14/h7-10,13-14,16,19,22H,3-6,11-12H2,1-2H3,(H2,20,21,23). The molecule has 24 heavy (non-hydrogen) atoms. The Bertz CT molecular complexity index is 499. The summed E-state index contributed by atoms with van der Waals surface area (Å²) in [5.74, 6) is 0.667. The molecule has 0 saturated heterocycles. The molecule has 0 heterocycles. The summed E-state index contributed by atoms with van der Waals surface area (Å²) in [6.45, 7) is 4.79. The Balaban J connectivity index is 1.70. The van der Waals surface area contributed by atoms with Gasteiger partial charge in [-0.3, -0.25) is 0 Å². The van der Waals surface area contributed by atoms with Crippen molar-refractivity contribution in [3.05, 3.63) is 24.3 Å². The summed E-state index contributed by atoms with van der Waals surface area (Å²) in [5.41, 5.74) is 0.722. The molecular weight excluding hydrogens is 306 g/mol. The molecule has 1 aromatic carbocycles. The van der Waals surface area contributed by atoms with Crippen molar-refractivity contribution in [2.75, 3.05) is 18.5 Å². The molecule has 4 N–H and O–H groups in total. The van der Waals surface area contributed by atoms with Crippen LogP contribution in [0.15, 0.2) is 24.3 Å². The molecule has 1 fully saturated rings. The zero-order chi connectivity index (χ0) is 17.4. The average molecular weight is 335 g/mol. The van der Waals surface area contributed by atoms with E-state index in [1.165, 1.54) is 12.8 Å². The summed E-state index contributed by atoms with van der Waals surface area (Å²) < 4.78 is 5.55. The van der Waals surface area contributed by atoms with E-state index in [4.69, 9.17) is 4.74 Å². The van der Waals surface area contributed by atoms with Crippen molar-refractivity contribution in [1.82, 2.24) is 10.6 Å². The minimum absolute atomic E-state index is 0.161. The fraction of sp³-hybridized carbons (Fsp3) is 0.611. The monoisotopic (exact) mass is 335 g/mol. The Morgan fingerprint density at radius 3 is 2.54 bits per heavy atom. The highest BCUT2D eigenvalue weighted by atomic mass is 16.5. The summed E-state index contributed by atoms with van der Waals surface area (Å²) in [6.07, 6.45) is 3.95. The first kappa shape index (κ1) is 18.5. The number of nitrogens with one attached hydrogen (secondary N) is 3. The van der Waals surface area contributed by atoms with E-state index in [-0.39, 0.29) is 12.6 Å². The van der Waals surface area contributed by atoms with E-state index < -0.39 is 6.10 Å². The number of anilines is 1. The third-order valence-electron chi connectivity index (χ3n) is 4.01. The van der Waals surface area contributed by atoms with Crippen LogP contribution in [0.25, 0.3) is 0 Å². The van der Waals surface area contributed by atoms with Gasteiger partial charge in [0, 0.05) is 24.3 Å². The van der Waals surface area contributed by atoms with Crippen LogP contribution in [0.2, 0.25) is 0 Å². The molecule has 0 aromatic heterocycles. The van der Waals surface area contributed by atoms with E-state index in [0.717, 1.165) is 18.5 Å². The molecule has 134 valence electrons. The quantitative estimate of drug-likeness (QED) is 0.588. The van der Waals surface area contributed by atoms with Gasteiger partial charge in [-0.2, -0.15) is 0 Å². The topological polar surface area (TPSA) is 82.6 Å². The first-order valence-electron chi connectivity index (χ1n) is 8.75. The number of ether oxygens (including phenoxy) is 1. The van der Waals surface area contributed by atoms with Gasteiger partial charge >= 0.3 is 6.03 Å². The summed E-state index contributed by atoms with van der Waals surface area (Å²) in [6, 6.07) is 7.63. The lowest BCUT2D eigenvalue weighted by Crippen LogP contribution is -2.36. The van der Waals surface area contributed by atoms with Gasteiger partial charge in [0.15, 0.2) is 0 Å². The van der Waals surface area contributed by atoms with Crippen LogP contribution in [-0.2, 0) is 0 Å². The zero-order valence-electron chi connectivity index (χ0n) is 14.5. The fourth-order valence-corrected chi connectivity index (χ4v) is 2.68. The molecule has 1 aliphatic rings. The van der Waals surface area contributed by atoms with E-state index in [0.29, 0.717) is 24.4 Å². The van der Waals surface area contributed by atoms with Crippen LogP contribution >= 0.6 is 0 Å². The van der Waals surface area contributed by atoms with Gasteiger partial charge in [-0.25, -0.2) is 4.79 Å². The molecule has 0 bridgehead atoms. The number of hydrogen-bond acceptors (Lipinski definition) is 4. The first-order valence-corrected chi connectivity index (χ1v) is 8.75. The van der Waals surface area contributed by atoms with Gasteiger partial charge in [0.05, 0.1) is 0 Å². The molecule has 1 saturated carbocycles. The van der Waals surface area contributed by atoms with Gasteiger partial charge in [-0.1, -0.05) is 26.7 Å². The molecule has 0 radical (unpaired) electrons. The second-order valence-corrected chi connectivity index (χ2v) is 6.63. The summed E-state index contributed by atoms with van der Waals surface area (Å²) >= 11 is 0. The lowest BCUT2D eigenvalue weighted by Gasteiger charge is -2.15. The van der Waals surface area contributed by atoms with Gasteiger partial charge in [-0.15, -0.1) is 0 Å². The van der Waals surface area contributed by atoms with Gasteiger partial charge < -0.3 is 25.8 Å². The molecule has 6 nitrogen and oxygen atoms in total. The normalized spacial score (nSPS) is 16.2. The van der Waals surface area contributed by atoms with E-state index in [1.54, 1.807) is 24.3 Å². The maximum absolute atomic E-state index is 11.9.